The molecular weight excluding hydrogens is 443 g/mol. The molecule has 1 saturated carbocycles. The fraction of sp³-hybridized carbons (Fsp3) is 0.565. The highest BCUT2D eigenvalue weighted by molar-refractivity contribution is 7.63. The number of azo groups is 1. The lowest BCUT2D eigenvalue weighted by Crippen LogP contribution is -2.26. The Hall–Kier alpha value is -2.67. The fourth-order valence-electron chi connectivity index (χ4n) is 5.05. The third-order valence-corrected chi connectivity index (χ3v) is 9.48. The highest BCUT2D eigenvalue weighted by Crippen LogP contribution is 2.49. The van der Waals surface area contributed by atoms with Crippen LogP contribution < -0.4 is 5.56 Å². The van der Waals surface area contributed by atoms with Gasteiger partial charge in [-0.2, -0.15) is 0 Å². The summed E-state index contributed by atoms with van der Waals surface area (Å²) in [6.45, 7) is 3.57. The maximum atomic E-state index is 13.0. The van der Waals surface area contributed by atoms with Crippen LogP contribution in [0.5, 0.6) is 5.75 Å². The van der Waals surface area contributed by atoms with Crippen molar-refractivity contribution in [3.63, 3.8) is 0 Å². The van der Waals surface area contributed by atoms with Gasteiger partial charge in [0.05, 0.1) is 24.8 Å². The van der Waals surface area contributed by atoms with Crippen molar-refractivity contribution in [2.75, 3.05) is 19.0 Å². The molecule has 1 aromatic heterocycles. The van der Waals surface area contributed by atoms with E-state index in [-0.39, 0.29) is 34.6 Å². The second-order valence-corrected chi connectivity index (χ2v) is 13.0. The molecule has 2 aromatic rings. The summed E-state index contributed by atoms with van der Waals surface area (Å²) in [5.41, 5.74) is 1.42. The van der Waals surface area contributed by atoms with Gasteiger partial charge in [0.1, 0.15) is 11.4 Å². The van der Waals surface area contributed by atoms with Gasteiger partial charge < -0.3 is 14.8 Å². The van der Waals surface area contributed by atoms with Gasteiger partial charge in [0, 0.05) is 12.3 Å². The minimum atomic E-state index is -2.08. The molecule has 0 radical (unpaired) electrons. The number of aromatic amines is 1. The average Bonchev–Trinajstić information content (AvgIpc) is 3.06. The zero-order valence-electron chi connectivity index (χ0n) is 19.0. The first kappa shape index (κ1) is 23.5. The summed E-state index contributed by atoms with van der Waals surface area (Å²) >= 11 is 0. The van der Waals surface area contributed by atoms with Crippen LogP contribution in [0.25, 0.3) is 0 Å². The van der Waals surface area contributed by atoms with E-state index in [1.54, 1.807) is 29.8 Å². The number of aliphatic carboxylic acids is 1. The Balaban J connectivity index is 1.56. The molecule has 0 amide bonds. The Morgan fingerprint density at radius 2 is 1.91 bits per heavy atom. The number of benzene rings is 1. The molecule has 1 aromatic carbocycles. The van der Waals surface area contributed by atoms with E-state index in [1.807, 2.05) is 6.66 Å². The van der Waals surface area contributed by atoms with Gasteiger partial charge in [-0.15, -0.1) is 10.2 Å². The van der Waals surface area contributed by atoms with Crippen molar-refractivity contribution in [3.05, 3.63) is 39.8 Å². The number of nitrogens with zero attached hydrogens (tertiary/aromatic N) is 3. The minimum absolute atomic E-state index is 0.0169. The van der Waals surface area contributed by atoms with Gasteiger partial charge in [-0.25, -0.2) is 4.68 Å². The number of nitrogens with one attached hydrogen (secondary N) is 1. The Morgan fingerprint density at radius 1 is 1.18 bits per heavy atom. The van der Waals surface area contributed by atoms with Crippen LogP contribution in [0, 0.1) is 12.8 Å². The molecule has 1 aliphatic carbocycles. The molecule has 2 heterocycles. The number of phenolic OH excluding ortho intramolecular Hbond substituents is 1. The largest absolute Gasteiger partial charge is 0.505 e. The molecule has 1 saturated heterocycles. The first-order valence-electron chi connectivity index (χ1n) is 11.5. The Morgan fingerprint density at radius 3 is 2.61 bits per heavy atom. The predicted octanol–water partition coefficient (Wildman–Crippen LogP) is 5.29. The zero-order valence-corrected chi connectivity index (χ0v) is 19.9. The van der Waals surface area contributed by atoms with E-state index >= 15 is 0 Å². The first-order chi connectivity index (χ1) is 15.7. The van der Waals surface area contributed by atoms with Crippen molar-refractivity contribution >= 4 is 24.5 Å². The van der Waals surface area contributed by atoms with Crippen molar-refractivity contribution in [1.82, 2.24) is 9.78 Å². The van der Waals surface area contributed by atoms with Crippen LogP contribution in [0.2, 0.25) is 0 Å². The lowest BCUT2D eigenvalue weighted by molar-refractivity contribution is -0.143. The zero-order chi connectivity index (χ0) is 23.8. The molecule has 2 unspecified atom stereocenters. The van der Waals surface area contributed by atoms with Crippen molar-refractivity contribution < 1.29 is 19.6 Å². The molecule has 9 nitrogen and oxygen atoms in total. The van der Waals surface area contributed by atoms with E-state index in [0.29, 0.717) is 49.3 Å². The third kappa shape index (κ3) is 4.98. The molecule has 3 N–H and O–H groups in total. The summed E-state index contributed by atoms with van der Waals surface area (Å²) in [6.07, 6.45) is 5.37. The third-order valence-electron chi connectivity index (χ3n) is 7.07. The van der Waals surface area contributed by atoms with E-state index < -0.39 is 19.0 Å². The van der Waals surface area contributed by atoms with E-state index in [4.69, 9.17) is 0 Å². The SMILES string of the molecule is Cc1[nH]n(C2CCP(C)(=O)CC2)c(=O)c1N=Nc1cccc(C2CCCC(C(=O)O)C2)c1O. The second-order valence-electron chi connectivity index (χ2n) is 9.55. The number of carboxylic acids is 1. The molecule has 2 aliphatic rings. The topological polar surface area (TPSA) is 137 Å². The number of carbonyl (C=O) groups is 1. The average molecular weight is 474 g/mol. The van der Waals surface area contributed by atoms with E-state index in [9.17, 15) is 24.4 Å². The number of hydrogen-bond donors (Lipinski definition) is 3. The number of carboxylic acid groups (broad SMARTS) is 1. The number of H-pyrrole nitrogens is 1. The van der Waals surface area contributed by atoms with Crippen LogP contribution in [-0.2, 0) is 9.36 Å². The van der Waals surface area contributed by atoms with Crippen LogP contribution in [-0.4, -0.2) is 45.0 Å². The number of rotatable bonds is 5. The normalized spacial score (nSPS) is 28.2. The number of hydrogen-bond acceptors (Lipinski definition) is 6. The Labute approximate surface area is 192 Å². The summed E-state index contributed by atoms with van der Waals surface area (Å²) in [7, 11) is -2.08. The van der Waals surface area contributed by atoms with Gasteiger partial charge in [-0.05, 0) is 63.2 Å². The number of aryl methyl sites for hydroxylation is 1. The minimum Gasteiger partial charge on any atom is -0.505 e. The van der Waals surface area contributed by atoms with Crippen molar-refractivity contribution in [2.45, 2.75) is 57.4 Å². The molecule has 4 rings (SSSR count). The molecule has 10 heteroatoms. The molecule has 2 atom stereocenters. The van der Waals surface area contributed by atoms with Crippen molar-refractivity contribution in [1.29, 1.82) is 0 Å². The molecule has 178 valence electrons. The van der Waals surface area contributed by atoms with Crippen molar-refractivity contribution in [2.24, 2.45) is 16.1 Å². The van der Waals surface area contributed by atoms with Gasteiger partial charge >= 0.3 is 5.97 Å². The number of phenols is 1. The van der Waals surface area contributed by atoms with Crippen LogP contribution in [0.1, 0.15) is 61.7 Å². The highest BCUT2D eigenvalue weighted by Gasteiger charge is 2.30. The molecule has 0 bridgehead atoms. The molecule has 2 fully saturated rings. The molecular formula is C23H31N4O5P. The van der Waals surface area contributed by atoms with E-state index in [0.717, 1.165) is 12.8 Å². The van der Waals surface area contributed by atoms with Gasteiger partial charge in [0.2, 0.25) is 0 Å². The lowest BCUT2D eigenvalue weighted by atomic mass is 9.77. The number of aromatic nitrogens is 2. The van der Waals surface area contributed by atoms with Gasteiger partial charge in [0.15, 0.2) is 5.69 Å². The summed E-state index contributed by atoms with van der Waals surface area (Å²) in [5.74, 6) is -1.27. The maximum Gasteiger partial charge on any atom is 0.306 e. The van der Waals surface area contributed by atoms with Crippen LogP contribution in [0.4, 0.5) is 11.4 Å². The first-order valence-corrected chi connectivity index (χ1v) is 14.0. The summed E-state index contributed by atoms with van der Waals surface area (Å²) in [5, 5.41) is 31.6. The standard InChI is InChI=1S/C23H31N4O5P/c1-14-20(22(29)27(26-14)17-9-11-33(2,32)12-10-17)25-24-19-8-4-7-18(21(19)28)15-5-3-6-16(13-15)23(30)31/h4,7-8,15-17,26,28H,3,5-6,9-13H2,1-2H3,(H,30,31). The predicted molar refractivity (Wildman–Crippen MR) is 126 cm³/mol. The van der Waals surface area contributed by atoms with Crippen LogP contribution >= 0.6 is 7.14 Å². The highest BCUT2D eigenvalue weighted by atomic mass is 31.2. The Kier molecular flexibility index (Phi) is 6.61. The second kappa shape index (κ2) is 9.29. The van der Waals surface area contributed by atoms with Crippen LogP contribution in [0.3, 0.4) is 0 Å². The lowest BCUT2D eigenvalue weighted by Gasteiger charge is -2.27. The van der Waals surface area contributed by atoms with Gasteiger partial charge in [-0.1, -0.05) is 18.6 Å². The van der Waals surface area contributed by atoms with E-state index in [2.05, 4.69) is 15.3 Å². The van der Waals surface area contributed by atoms with Crippen LogP contribution in [0.15, 0.2) is 33.2 Å². The molecule has 1 aliphatic heterocycles. The molecule has 33 heavy (non-hydrogen) atoms. The quantitative estimate of drug-likeness (QED) is 0.399. The number of para-hydroxylation sites is 1. The summed E-state index contributed by atoms with van der Waals surface area (Å²) < 4.78 is 13.8. The number of aromatic hydroxyl groups is 1. The smallest absolute Gasteiger partial charge is 0.306 e. The monoisotopic (exact) mass is 474 g/mol. The van der Waals surface area contributed by atoms with Gasteiger partial charge in [0.25, 0.3) is 5.56 Å². The Bertz CT molecular complexity index is 1170. The fourth-order valence-corrected chi connectivity index (χ4v) is 6.96. The molecule has 0 spiro atoms. The summed E-state index contributed by atoms with van der Waals surface area (Å²) in [4.78, 5) is 24.4. The maximum absolute atomic E-state index is 13.0. The summed E-state index contributed by atoms with van der Waals surface area (Å²) in [6, 6.07) is 5.15. The van der Waals surface area contributed by atoms with Crippen molar-refractivity contribution in [3.8, 4) is 5.75 Å². The van der Waals surface area contributed by atoms with Gasteiger partial charge in [-0.3, -0.25) is 14.7 Å². The van der Waals surface area contributed by atoms with E-state index in [1.165, 1.54) is 0 Å².